The lowest BCUT2D eigenvalue weighted by Crippen LogP contribution is -2.40. The molecule has 92 valence electrons. The Morgan fingerprint density at radius 2 is 2.35 bits per heavy atom. The van der Waals surface area contributed by atoms with Crippen molar-refractivity contribution in [1.29, 1.82) is 0 Å². The lowest BCUT2D eigenvalue weighted by molar-refractivity contribution is -0.141. The van der Waals surface area contributed by atoms with Gasteiger partial charge < -0.3 is 10.4 Å². The fourth-order valence-electron chi connectivity index (χ4n) is 1.71. The van der Waals surface area contributed by atoms with Gasteiger partial charge >= 0.3 is 5.97 Å². The van der Waals surface area contributed by atoms with E-state index in [4.69, 9.17) is 5.11 Å². The third-order valence-corrected chi connectivity index (χ3v) is 4.88. The van der Waals surface area contributed by atoms with Crippen molar-refractivity contribution in [2.75, 3.05) is 5.75 Å². The van der Waals surface area contributed by atoms with Crippen molar-refractivity contribution in [2.45, 2.75) is 24.6 Å². The molecule has 4 nitrogen and oxygen atoms in total. The Hall–Kier alpha value is -1.01. The highest BCUT2D eigenvalue weighted by Gasteiger charge is 2.29. The SMILES string of the molecule is C[C@@H](NC(=O)C1SCCc2sccc21)C(=O)O. The van der Waals surface area contributed by atoms with Gasteiger partial charge in [-0.25, -0.2) is 0 Å². The largest absolute Gasteiger partial charge is 0.480 e. The summed E-state index contributed by atoms with van der Waals surface area (Å²) in [5.74, 6) is -0.304. The first-order chi connectivity index (χ1) is 8.09. The minimum atomic E-state index is -1.01. The monoisotopic (exact) mass is 271 g/mol. The second-order valence-electron chi connectivity index (χ2n) is 3.87. The van der Waals surface area contributed by atoms with Gasteiger partial charge in [-0.3, -0.25) is 9.59 Å². The molecular weight excluding hydrogens is 258 g/mol. The van der Waals surface area contributed by atoms with Gasteiger partial charge in [0.1, 0.15) is 11.3 Å². The van der Waals surface area contributed by atoms with Crippen LogP contribution in [0.4, 0.5) is 0 Å². The molecule has 0 radical (unpaired) electrons. The summed E-state index contributed by atoms with van der Waals surface area (Å²) in [7, 11) is 0. The number of hydrogen-bond donors (Lipinski definition) is 2. The molecule has 2 N–H and O–H groups in total. The number of carboxylic acids is 1. The molecule has 17 heavy (non-hydrogen) atoms. The van der Waals surface area contributed by atoms with Gasteiger partial charge in [0.2, 0.25) is 5.91 Å². The van der Waals surface area contributed by atoms with Crippen LogP contribution in [0.5, 0.6) is 0 Å². The van der Waals surface area contributed by atoms with Crippen LogP contribution in [0.15, 0.2) is 11.4 Å². The van der Waals surface area contributed by atoms with E-state index in [0.29, 0.717) is 0 Å². The molecule has 0 spiro atoms. The van der Waals surface area contributed by atoms with Gasteiger partial charge in [0.05, 0.1) is 0 Å². The van der Waals surface area contributed by atoms with Gasteiger partial charge in [-0.05, 0) is 36.1 Å². The molecule has 2 heterocycles. The van der Waals surface area contributed by atoms with Crippen LogP contribution in [0.2, 0.25) is 0 Å². The number of nitrogens with one attached hydrogen (secondary N) is 1. The van der Waals surface area contributed by atoms with Gasteiger partial charge in [-0.1, -0.05) is 0 Å². The Labute approximate surface area is 107 Å². The zero-order valence-corrected chi connectivity index (χ0v) is 10.9. The molecule has 6 heteroatoms. The zero-order chi connectivity index (χ0) is 12.4. The maximum Gasteiger partial charge on any atom is 0.325 e. The van der Waals surface area contributed by atoms with E-state index >= 15 is 0 Å². The molecule has 0 bridgehead atoms. The predicted molar refractivity (Wildman–Crippen MR) is 68.5 cm³/mol. The fraction of sp³-hybridized carbons (Fsp3) is 0.455. The first kappa shape index (κ1) is 12.4. The standard InChI is InChI=1S/C11H13NO3S2/c1-6(11(14)15)12-10(13)9-7-2-4-16-8(7)3-5-17-9/h2,4,6,9H,3,5H2,1H3,(H,12,13)(H,14,15)/t6-,9?/m1/s1. The van der Waals surface area contributed by atoms with E-state index in [-0.39, 0.29) is 11.2 Å². The first-order valence-electron chi connectivity index (χ1n) is 5.30. The van der Waals surface area contributed by atoms with E-state index in [1.165, 1.54) is 11.8 Å². The smallest absolute Gasteiger partial charge is 0.325 e. The Morgan fingerprint density at radius 1 is 1.59 bits per heavy atom. The number of fused-ring (bicyclic) bond motifs is 1. The molecular formula is C11H13NO3S2. The van der Waals surface area contributed by atoms with Crippen LogP contribution < -0.4 is 5.32 Å². The zero-order valence-electron chi connectivity index (χ0n) is 9.30. The van der Waals surface area contributed by atoms with Crippen molar-refractivity contribution in [2.24, 2.45) is 0 Å². The topological polar surface area (TPSA) is 66.4 Å². The van der Waals surface area contributed by atoms with Gasteiger partial charge in [0, 0.05) is 4.88 Å². The Balaban J connectivity index is 2.09. The number of carboxylic acid groups (broad SMARTS) is 1. The number of amides is 1. The van der Waals surface area contributed by atoms with E-state index in [9.17, 15) is 9.59 Å². The van der Waals surface area contributed by atoms with Crippen LogP contribution in [0, 0.1) is 0 Å². The van der Waals surface area contributed by atoms with Crippen molar-refractivity contribution in [3.8, 4) is 0 Å². The number of carbonyl (C=O) groups is 2. The summed E-state index contributed by atoms with van der Waals surface area (Å²) in [6.45, 7) is 1.47. The number of carbonyl (C=O) groups excluding carboxylic acids is 1. The molecule has 1 unspecified atom stereocenters. The summed E-state index contributed by atoms with van der Waals surface area (Å²) >= 11 is 3.24. The number of rotatable bonds is 3. The van der Waals surface area contributed by atoms with Gasteiger partial charge in [-0.15, -0.1) is 23.1 Å². The predicted octanol–water partition coefficient (Wildman–Crippen LogP) is 1.67. The maximum absolute atomic E-state index is 12.0. The van der Waals surface area contributed by atoms with Crippen molar-refractivity contribution in [3.05, 3.63) is 21.9 Å². The normalized spacial score (nSPS) is 20.4. The van der Waals surface area contributed by atoms with Crippen LogP contribution in [0.25, 0.3) is 0 Å². The van der Waals surface area contributed by atoms with Crippen LogP contribution in [0.3, 0.4) is 0 Å². The van der Waals surface area contributed by atoms with Gasteiger partial charge in [0.25, 0.3) is 0 Å². The van der Waals surface area contributed by atoms with E-state index in [1.54, 1.807) is 23.1 Å². The number of hydrogen-bond acceptors (Lipinski definition) is 4. The average molecular weight is 271 g/mol. The molecule has 2 rings (SSSR count). The second-order valence-corrected chi connectivity index (χ2v) is 6.08. The summed E-state index contributed by atoms with van der Waals surface area (Å²) < 4.78 is 0. The molecule has 0 fully saturated rings. The van der Waals surface area contributed by atoms with Crippen molar-refractivity contribution in [3.63, 3.8) is 0 Å². The van der Waals surface area contributed by atoms with E-state index < -0.39 is 12.0 Å². The Morgan fingerprint density at radius 3 is 3.06 bits per heavy atom. The number of aliphatic carboxylic acids is 1. The molecule has 2 atom stereocenters. The number of thiophene rings is 1. The Bertz CT molecular complexity index is 444. The molecule has 1 aliphatic heterocycles. The first-order valence-corrected chi connectivity index (χ1v) is 7.23. The molecule has 0 saturated heterocycles. The summed E-state index contributed by atoms with van der Waals surface area (Å²) in [6, 6.07) is 1.12. The average Bonchev–Trinajstić information content (AvgIpc) is 2.76. The third kappa shape index (κ3) is 2.63. The lowest BCUT2D eigenvalue weighted by Gasteiger charge is -2.22. The van der Waals surface area contributed by atoms with Crippen LogP contribution in [-0.4, -0.2) is 28.8 Å². The highest BCUT2D eigenvalue weighted by atomic mass is 32.2. The van der Waals surface area contributed by atoms with Crippen molar-refractivity contribution >= 4 is 35.0 Å². The highest BCUT2D eigenvalue weighted by Crippen LogP contribution is 2.39. The molecule has 1 aromatic heterocycles. The van der Waals surface area contributed by atoms with Crippen LogP contribution >= 0.6 is 23.1 Å². The summed E-state index contributed by atoms with van der Waals surface area (Å²) in [6.07, 6.45) is 0.996. The number of aryl methyl sites for hydroxylation is 1. The van der Waals surface area contributed by atoms with Crippen LogP contribution in [0.1, 0.15) is 22.6 Å². The summed E-state index contributed by atoms with van der Waals surface area (Å²) in [5, 5.41) is 13.0. The lowest BCUT2D eigenvalue weighted by atomic mass is 10.1. The molecule has 0 aromatic carbocycles. The summed E-state index contributed by atoms with van der Waals surface area (Å²) in [5.41, 5.74) is 1.04. The maximum atomic E-state index is 12.0. The van der Waals surface area contributed by atoms with E-state index in [0.717, 1.165) is 17.7 Å². The van der Waals surface area contributed by atoms with E-state index in [2.05, 4.69) is 5.32 Å². The quantitative estimate of drug-likeness (QED) is 0.877. The van der Waals surface area contributed by atoms with Crippen LogP contribution in [-0.2, 0) is 16.0 Å². The van der Waals surface area contributed by atoms with Gasteiger partial charge in [0.15, 0.2) is 0 Å². The second kappa shape index (κ2) is 5.10. The fourth-order valence-corrected chi connectivity index (χ4v) is 4.02. The third-order valence-electron chi connectivity index (χ3n) is 2.64. The highest BCUT2D eigenvalue weighted by molar-refractivity contribution is 8.00. The molecule has 0 saturated carbocycles. The van der Waals surface area contributed by atoms with Gasteiger partial charge in [-0.2, -0.15) is 0 Å². The molecule has 1 amide bonds. The van der Waals surface area contributed by atoms with Crippen molar-refractivity contribution < 1.29 is 14.7 Å². The molecule has 0 aliphatic carbocycles. The Kier molecular flexibility index (Phi) is 3.73. The van der Waals surface area contributed by atoms with E-state index in [1.807, 2.05) is 11.4 Å². The molecule has 1 aromatic rings. The molecule has 1 aliphatic rings. The summed E-state index contributed by atoms with van der Waals surface area (Å²) in [4.78, 5) is 23.9. The minimum absolute atomic E-state index is 0.204. The van der Waals surface area contributed by atoms with Crippen molar-refractivity contribution in [1.82, 2.24) is 5.32 Å². The minimum Gasteiger partial charge on any atom is -0.480 e. The number of thioether (sulfide) groups is 1.